The maximum Gasteiger partial charge on any atom is 0.326 e. The van der Waals surface area contributed by atoms with Crippen LogP contribution in [0.1, 0.15) is 33.1 Å². The van der Waals surface area contributed by atoms with E-state index in [1.165, 1.54) is 0 Å². The molecule has 0 rings (SSSR count). The van der Waals surface area contributed by atoms with E-state index in [2.05, 4.69) is 5.32 Å². The molecule has 6 nitrogen and oxygen atoms in total. The van der Waals surface area contributed by atoms with Crippen LogP contribution in [0.25, 0.3) is 0 Å². The van der Waals surface area contributed by atoms with Crippen molar-refractivity contribution < 1.29 is 24.6 Å². The highest BCUT2D eigenvalue weighted by molar-refractivity contribution is 5.87. The highest BCUT2D eigenvalue weighted by Crippen LogP contribution is 2.08. The molecule has 0 aliphatic rings. The van der Waals surface area contributed by atoms with Gasteiger partial charge in [0.05, 0.1) is 6.42 Å². The van der Waals surface area contributed by atoms with Crippen LogP contribution < -0.4 is 5.32 Å². The molecule has 0 heterocycles. The molecule has 0 saturated carbocycles. The quantitative estimate of drug-likeness (QED) is 0.590. The summed E-state index contributed by atoms with van der Waals surface area (Å²) in [6, 6.07) is -1.36. The number of carboxylic acid groups (broad SMARTS) is 2. The number of carbonyl (C=O) groups is 3. The van der Waals surface area contributed by atoms with Gasteiger partial charge in [0.1, 0.15) is 6.04 Å². The van der Waals surface area contributed by atoms with E-state index < -0.39 is 30.3 Å². The fraction of sp³-hybridized carbons (Fsp3) is 0.700. The zero-order chi connectivity index (χ0) is 12.7. The van der Waals surface area contributed by atoms with Crippen molar-refractivity contribution in [3.8, 4) is 0 Å². The van der Waals surface area contributed by atoms with Gasteiger partial charge in [-0.1, -0.05) is 13.8 Å². The number of hydrogen-bond acceptors (Lipinski definition) is 3. The lowest BCUT2D eigenvalue weighted by Crippen LogP contribution is -2.44. The zero-order valence-corrected chi connectivity index (χ0v) is 9.40. The Morgan fingerprint density at radius 2 is 1.62 bits per heavy atom. The highest BCUT2D eigenvalue weighted by atomic mass is 16.4. The molecule has 16 heavy (non-hydrogen) atoms. The van der Waals surface area contributed by atoms with Crippen molar-refractivity contribution in [1.29, 1.82) is 0 Å². The summed E-state index contributed by atoms with van der Waals surface area (Å²) in [7, 11) is 0. The Morgan fingerprint density at radius 3 is 1.94 bits per heavy atom. The van der Waals surface area contributed by atoms with E-state index >= 15 is 0 Å². The van der Waals surface area contributed by atoms with E-state index in [1.807, 2.05) is 13.8 Å². The SMILES string of the molecule is CCC(CC)C(=O)N[C@@H](CC(=O)O)C(=O)O. The molecule has 92 valence electrons. The van der Waals surface area contributed by atoms with Gasteiger partial charge >= 0.3 is 11.9 Å². The summed E-state index contributed by atoms with van der Waals surface area (Å²) in [5.74, 6) is -3.26. The van der Waals surface area contributed by atoms with Crippen LogP contribution in [0.15, 0.2) is 0 Å². The van der Waals surface area contributed by atoms with Gasteiger partial charge in [0.2, 0.25) is 5.91 Å². The molecule has 1 atom stereocenters. The number of amides is 1. The van der Waals surface area contributed by atoms with Crippen molar-refractivity contribution in [3.63, 3.8) is 0 Å². The molecular formula is C10H17NO5. The molecule has 0 unspecified atom stereocenters. The Labute approximate surface area is 93.6 Å². The molecule has 0 bridgehead atoms. The first-order valence-corrected chi connectivity index (χ1v) is 5.17. The van der Waals surface area contributed by atoms with Crippen molar-refractivity contribution in [2.45, 2.75) is 39.2 Å². The number of carbonyl (C=O) groups excluding carboxylic acids is 1. The van der Waals surface area contributed by atoms with Crippen molar-refractivity contribution in [2.24, 2.45) is 5.92 Å². The lowest BCUT2D eigenvalue weighted by molar-refractivity contribution is -0.147. The average molecular weight is 231 g/mol. The monoisotopic (exact) mass is 231 g/mol. The molecule has 1 amide bonds. The topological polar surface area (TPSA) is 104 Å². The summed E-state index contributed by atoms with van der Waals surface area (Å²) < 4.78 is 0. The van der Waals surface area contributed by atoms with Crippen molar-refractivity contribution >= 4 is 17.8 Å². The predicted molar refractivity (Wildman–Crippen MR) is 55.9 cm³/mol. The van der Waals surface area contributed by atoms with Crippen LogP contribution in [0, 0.1) is 5.92 Å². The minimum Gasteiger partial charge on any atom is -0.481 e. The summed E-state index contributed by atoms with van der Waals surface area (Å²) in [4.78, 5) is 32.6. The number of nitrogens with one attached hydrogen (secondary N) is 1. The van der Waals surface area contributed by atoms with Crippen LogP contribution in [-0.2, 0) is 14.4 Å². The second-order valence-electron chi connectivity index (χ2n) is 3.51. The van der Waals surface area contributed by atoms with Crippen LogP contribution >= 0.6 is 0 Å². The molecule has 0 aromatic heterocycles. The van der Waals surface area contributed by atoms with Gasteiger partial charge in [-0.15, -0.1) is 0 Å². The highest BCUT2D eigenvalue weighted by Gasteiger charge is 2.25. The maximum absolute atomic E-state index is 11.5. The molecule has 6 heteroatoms. The Bertz CT molecular complexity index is 272. The number of hydrogen-bond donors (Lipinski definition) is 3. The van der Waals surface area contributed by atoms with Crippen molar-refractivity contribution in [3.05, 3.63) is 0 Å². The molecule has 0 aliphatic carbocycles. The van der Waals surface area contributed by atoms with Gasteiger partial charge in [0.15, 0.2) is 0 Å². The van der Waals surface area contributed by atoms with E-state index in [0.717, 1.165) is 0 Å². The molecule has 0 radical (unpaired) electrons. The Morgan fingerprint density at radius 1 is 1.12 bits per heavy atom. The molecule has 0 spiro atoms. The van der Waals surface area contributed by atoms with Gasteiger partial charge in [-0.3, -0.25) is 9.59 Å². The first-order chi connectivity index (χ1) is 7.42. The van der Waals surface area contributed by atoms with E-state index in [4.69, 9.17) is 10.2 Å². The van der Waals surface area contributed by atoms with E-state index in [0.29, 0.717) is 12.8 Å². The first kappa shape index (κ1) is 14.4. The van der Waals surface area contributed by atoms with Crippen LogP contribution in [0.3, 0.4) is 0 Å². The molecule has 3 N–H and O–H groups in total. The van der Waals surface area contributed by atoms with Gasteiger partial charge < -0.3 is 15.5 Å². The number of rotatable bonds is 7. The summed E-state index contributed by atoms with van der Waals surface area (Å²) >= 11 is 0. The second kappa shape index (κ2) is 6.81. The summed E-state index contributed by atoms with van der Waals surface area (Å²) in [6.07, 6.45) is 0.588. The smallest absolute Gasteiger partial charge is 0.326 e. The van der Waals surface area contributed by atoms with Gasteiger partial charge in [-0.05, 0) is 12.8 Å². The third-order valence-corrected chi connectivity index (χ3v) is 2.35. The van der Waals surface area contributed by atoms with Crippen molar-refractivity contribution in [2.75, 3.05) is 0 Å². The maximum atomic E-state index is 11.5. The normalized spacial score (nSPS) is 12.2. The molecule has 0 aromatic rings. The fourth-order valence-corrected chi connectivity index (χ4v) is 1.32. The summed E-state index contributed by atoms with van der Waals surface area (Å²) in [5.41, 5.74) is 0. The summed E-state index contributed by atoms with van der Waals surface area (Å²) in [5, 5.41) is 19.4. The average Bonchev–Trinajstić information content (AvgIpc) is 2.17. The third kappa shape index (κ3) is 4.77. The van der Waals surface area contributed by atoms with Crippen molar-refractivity contribution in [1.82, 2.24) is 5.32 Å². The number of aliphatic carboxylic acids is 2. The Balaban J connectivity index is 4.44. The van der Waals surface area contributed by atoms with E-state index in [9.17, 15) is 14.4 Å². The lowest BCUT2D eigenvalue weighted by atomic mass is 10.0. The largest absolute Gasteiger partial charge is 0.481 e. The Hall–Kier alpha value is -1.59. The molecule has 0 aromatic carbocycles. The summed E-state index contributed by atoms with van der Waals surface area (Å²) in [6.45, 7) is 3.64. The minimum absolute atomic E-state index is 0.268. The van der Waals surface area contributed by atoms with Crippen LogP contribution in [0.5, 0.6) is 0 Å². The lowest BCUT2D eigenvalue weighted by Gasteiger charge is -2.17. The first-order valence-electron chi connectivity index (χ1n) is 5.17. The molecule has 0 fully saturated rings. The van der Waals surface area contributed by atoms with E-state index in [-0.39, 0.29) is 5.92 Å². The zero-order valence-electron chi connectivity index (χ0n) is 9.40. The minimum atomic E-state index is -1.36. The predicted octanol–water partition coefficient (Wildman–Crippen LogP) is 0.467. The van der Waals surface area contributed by atoms with Crippen LogP contribution in [0.2, 0.25) is 0 Å². The van der Waals surface area contributed by atoms with Crippen LogP contribution in [0.4, 0.5) is 0 Å². The fourth-order valence-electron chi connectivity index (χ4n) is 1.32. The second-order valence-corrected chi connectivity index (χ2v) is 3.51. The standard InChI is InChI=1S/C10H17NO5/c1-3-6(4-2)9(14)11-7(10(15)16)5-8(12)13/h6-7H,3-5H2,1-2H3,(H,11,14)(H,12,13)(H,15,16)/t7-/m0/s1. The van der Waals surface area contributed by atoms with Gasteiger partial charge in [-0.2, -0.15) is 0 Å². The van der Waals surface area contributed by atoms with Gasteiger partial charge in [0, 0.05) is 5.92 Å². The molecule has 0 saturated heterocycles. The van der Waals surface area contributed by atoms with E-state index in [1.54, 1.807) is 0 Å². The Kier molecular flexibility index (Phi) is 6.14. The van der Waals surface area contributed by atoms with Gasteiger partial charge in [0.25, 0.3) is 0 Å². The van der Waals surface area contributed by atoms with Crippen LogP contribution in [-0.4, -0.2) is 34.1 Å². The van der Waals surface area contributed by atoms with Gasteiger partial charge in [-0.25, -0.2) is 4.79 Å². The molecular weight excluding hydrogens is 214 g/mol. The molecule has 0 aliphatic heterocycles. The number of carboxylic acids is 2. The third-order valence-electron chi connectivity index (χ3n) is 2.35.